The van der Waals surface area contributed by atoms with Crippen molar-refractivity contribution in [3.05, 3.63) is 71.0 Å². The van der Waals surface area contributed by atoms with Crippen LogP contribution in [0.1, 0.15) is 36.4 Å². The summed E-state index contributed by atoms with van der Waals surface area (Å²) in [6.07, 6.45) is -2.99. The largest absolute Gasteiger partial charge is 0.416 e. The highest BCUT2D eigenvalue weighted by Crippen LogP contribution is 2.31. The van der Waals surface area contributed by atoms with Gasteiger partial charge in [0.1, 0.15) is 5.82 Å². The van der Waals surface area contributed by atoms with Gasteiger partial charge >= 0.3 is 6.18 Å². The molecule has 0 saturated carbocycles. The number of alkyl halides is 3. The van der Waals surface area contributed by atoms with Gasteiger partial charge in [0.2, 0.25) is 11.9 Å². The van der Waals surface area contributed by atoms with Crippen LogP contribution in [0.3, 0.4) is 0 Å². The number of nitrogen functional groups attached to an aromatic ring is 1. The van der Waals surface area contributed by atoms with Gasteiger partial charge in [0, 0.05) is 12.1 Å². The zero-order chi connectivity index (χ0) is 21.0. The molecule has 0 aliphatic carbocycles. The average molecular weight is 401 g/mol. The topological polar surface area (TPSA) is 76.7 Å². The van der Waals surface area contributed by atoms with Gasteiger partial charge in [-0.3, -0.25) is 0 Å². The van der Waals surface area contributed by atoms with Gasteiger partial charge in [-0.1, -0.05) is 44.2 Å². The Labute approximate surface area is 167 Å². The van der Waals surface area contributed by atoms with Gasteiger partial charge in [0.25, 0.3) is 0 Å². The predicted octanol–water partition coefficient (Wildman–Crippen LogP) is 5.01. The van der Waals surface area contributed by atoms with Crippen LogP contribution < -0.4 is 11.1 Å². The molecule has 0 fully saturated rings. The number of aromatic nitrogens is 3. The van der Waals surface area contributed by atoms with E-state index in [1.165, 1.54) is 17.7 Å². The van der Waals surface area contributed by atoms with E-state index in [4.69, 9.17) is 5.73 Å². The summed E-state index contributed by atoms with van der Waals surface area (Å²) in [5, 5.41) is 2.77. The number of benzene rings is 2. The SMILES string of the molecule is CC(C)Cc1ccc(Cc2nc(N)nc(Nc3cccc(C(F)(F)F)c3)n2)cc1. The fraction of sp³-hybridized carbons (Fsp3) is 0.286. The minimum atomic E-state index is -4.43. The van der Waals surface area contributed by atoms with Crippen molar-refractivity contribution in [3.8, 4) is 0 Å². The molecule has 0 atom stereocenters. The monoisotopic (exact) mass is 401 g/mol. The fourth-order valence-electron chi connectivity index (χ4n) is 2.92. The number of hydrogen-bond donors (Lipinski definition) is 2. The Morgan fingerprint density at radius 3 is 2.31 bits per heavy atom. The summed E-state index contributed by atoms with van der Waals surface area (Å²) in [5.74, 6) is 1.11. The van der Waals surface area contributed by atoms with Crippen molar-refractivity contribution in [3.63, 3.8) is 0 Å². The van der Waals surface area contributed by atoms with Gasteiger partial charge in [-0.25, -0.2) is 0 Å². The molecule has 3 aromatic rings. The van der Waals surface area contributed by atoms with Crippen molar-refractivity contribution in [1.29, 1.82) is 0 Å². The second kappa shape index (κ2) is 8.46. The van der Waals surface area contributed by atoms with E-state index in [-0.39, 0.29) is 17.6 Å². The second-order valence-corrected chi connectivity index (χ2v) is 7.23. The van der Waals surface area contributed by atoms with Gasteiger partial charge in [-0.2, -0.15) is 28.1 Å². The van der Waals surface area contributed by atoms with E-state index < -0.39 is 11.7 Å². The van der Waals surface area contributed by atoms with E-state index in [2.05, 4.69) is 46.2 Å². The van der Waals surface area contributed by atoms with Gasteiger partial charge in [-0.05, 0) is 41.7 Å². The number of hydrogen-bond acceptors (Lipinski definition) is 5. The lowest BCUT2D eigenvalue weighted by Crippen LogP contribution is -2.09. The third-order valence-corrected chi connectivity index (χ3v) is 4.17. The zero-order valence-corrected chi connectivity index (χ0v) is 16.2. The smallest absolute Gasteiger partial charge is 0.368 e. The molecule has 2 aromatic carbocycles. The Morgan fingerprint density at radius 2 is 1.66 bits per heavy atom. The first kappa shape index (κ1) is 20.6. The van der Waals surface area contributed by atoms with E-state index in [0.717, 1.165) is 24.1 Å². The normalized spacial score (nSPS) is 11.7. The van der Waals surface area contributed by atoms with E-state index in [1.54, 1.807) is 0 Å². The molecule has 5 nitrogen and oxygen atoms in total. The van der Waals surface area contributed by atoms with Crippen molar-refractivity contribution in [2.75, 3.05) is 11.1 Å². The second-order valence-electron chi connectivity index (χ2n) is 7.23. The van der Waals surface area contributed by atoms with Gasteiger partial charge in [0.15, 0.2) is 0 Å². The highest BCUT2D eigenvalue weighted by molar-refractivity contribution is 5.55. The molecule has 0 radical (unpaired) electrons. The molecule has 3 rings (SSSR count). The maximum Gasteiger partial charge on any atom is 0.416 e. The Balaban J connectivity index is 1.76. The summed E-state index contributed by atoms with van der Waals surface area (Å²) in [6, 6.07) is 13.0. The summed E-state index contributed by atoms with van der Waals surface area (Å²) in [4.78, 5) is 12.4. The van der Waals surface area contributed by atoms with Crippen LogP contribution in [-0.4, -0.2) is 15.0 Å². The first-order chi connectivity index (χ1) is 13.7. The van der Waals surface area contributed by atoms with Gasteiger partial charge in [-0.15, -0.1) is 0 Å². The lowest BCUT2D eigenvalue weighted by atomic mass is 10.0. The molecule has 0 aliphatic rings. The van der Waals surface area contributed by atoms with Crippen LogP contribution in [0.25, 0.3) is 0 Å². The molecule has 8 heteroatoms. The summed E-state index contributed by atoms with van der Waals surface area (Å²) in [7, 11) is 0. The summed E-state index contributed by atoms with van der Waals surface area (Å²) in [5.41, 5.74) is 7.48. The van der Waals surface area contributed by atoms with Crippen molar-refractivity contribution in [2.24, 2.45) is 5.92 Å². The number of halogens is 3. The molecule has 1 heterocycles. The Kier molecular flexibility index (Phi) is 6.00. The zero-order valence-electron chi connectivity index (χ0n) is 16.2. The molecule has 0 spiro atoms. The number of nitrogens with one attached hydrogen (secondary N) is 1. The molecular weight excluding hydrogens is 379 g/mol. The molecule has 0 saturated heterocycles. The highest BCUT2D eigenvalue weighted by Gasteiger charge is 2.30. The lowest BCUT2D eigenvalue weighted by molar-refractivity contribution is -0.137. The van der Waals surface area contributed by atoms with Crippen molar-refractivity contribution >= 4 is 17.6 Å². The highest BCUT2D eigenvalue weighted by atomic mass is 19.4. The van der Waals surface area contributed by atoms with E-state index >= 15 is 0 Å². The predicted molar refractivity (Wildman–Crippen MR) is 107 cm³/mol. The average Bonchev–Trinajstić information content (AvgIpc) is 2.62. The number of anilines is 3. The molecule has 29 heavy (non-hydrogen) atoms. The molecule has 152 valence electrons. The lowest BCUT2D eigenvalue weighted by Gasteiger charge is -2.11. The van der Waals surface area contributed by atoms with Crippen LogP contribution in [0.5, 0.6) is 0 Å². The maximum atomic E-state index is 12.9. The molecule has 0 bridgehead atoms. The van der Waals surface area contributed by atoms with Crippen LogP contribution in [0.4, 0.5) is 30.8 Å². The summed E-state index contributed by atoms with van der Waals surface area (Å²) < 4.78 is 38.7. The van der Waals surface area contributed by atoms with Crippen molar-refractivity contribution < 1.29 is 13.2 Å². The fourth-order valence-corrected chi connectivity index (χ4v) is 2.92. The molecule has 0 aliphatic heterocycles. The Bertz CT molecular complexity index is 969. The van der Waals surface area contributed by atoms with Crippen LogP contribution in [-0.2, 0) is 19.0 Å². The molecule has 3 N–H and O–H groups in total. The standard InChI is InChI=1S/C21H22F3N5/c1-13(2)10-14-6-8-15(9-7-14)11-18-27-19(25)29-20(28-18)26-17-5-3-4-16(12-17)21(22,23)24/h3-9,12-13H,10-11H2,1-2H3,(H3,25,26,27,28,29). The van der Waals surface area contributed by atoms with E-state index in [9.17, 15) is 13.2 Å². The van der Waals surface area contributed by atoms with Crippen LogP contribution in [0, 0.1) is 5.92 Å². The molecule has 0 unspecified atom stereocenters. The van der Waals surface area contributed by atoms with Gasteiger partial charge in [0.05, 0.1) is 5.56 Å². The Morgan fingerprint density at radius 1 is 0.966 bits per heavy atom. The number of nitrogens with two attached hydrogens (primary N) is 1. The maximum absolute atomic E-state index is 12.9. The number of rotatable bonds is 6. The minimum Gasteiger partial charge on any atom is -0.368 e. The first-order valence-corrected chi connectivity index (χ1v) is 9.21. The quantitative estimate of drug-likeness (QED) is 0.607. The Hall–Kier alpha value is -3.16. The number of nitrogens with zero attached hydrogens (tertiary/aromatic N) is 3. The molecule has 1 aromatic heterocycles. The minimum absolute atomic E-state index is 0.000837. The third kappa shape index (κ3) is 5.91. The van der Waals surface area contributed by atoms with Crippen LogP contribution in [0.2, 0.25) is 0 Å². The van der Waals surface area contributed by atoms with Crippen molar-refractivity contribution in [2.45, 2.75) is 32.9 Å². The van der Waals surface area contributed by atoms with Crippen LogP contribution in [0.15, 0.2) is 48.5 Å². The molecule has 0 amide bonds. The van der Waals surface area contributed by atoms with E-state index in [0.29, 0.717) is 18.2 Å². The van der Waals surface area contributed by atoms with Gasteiger partial charge < -0.3 is 11.1 Å². The van der Waals surface area contributed by atoms with Crippen LogP contribution >= 0.6 is 0 Å². The van der Waals surface area contributed by atoms with E-state index in [1.807, 2.05) is 12.1 Å². The first-order valence-electron chi connectivity index (χ1n) is 9.21. The summed E-state index contributed by atoms with van der Waals surface area (Å²) in [6.45, 7) is 4.33. The third-order valence-electron chi connectivity index (χ3n) is 4.17. The van der Waals surface area contributed by atoms with Crippen molar-refractivity contribution in [1.82, 2.24) is 15.0 Å². The summed E-state index contributed by atoms with van der Waals surface area (Å²) >= 11 is 0. The molecular formula is C21H22F3N5.